The van der Waals surface area contributed by atoms with Gasteiger partial charge in [0, 0.05) is 12.2 Å². The molecule has 0 N–H and O–H groups in total. The first-order valence-corrected chi connectivity index (χ1v) is 5.66. The molecule has 0 amide bonds. The van der Waals surface area contributed by atoms with E-state index in [1.807, 2.05) is 0 Å². The first-order valence-electron chi connectivity index (χ1n) is 5.66. The topological polar surface area (TPSA) is 52.6 Å². The predicted molar refractivity (Wildman–Crippen MR) is 78.8 cm³/mol. The third-order valence-corrected chi connectivity index (χ3v) is 2.70. The van der Waals surface area contributed by atoms with Crippen LogP contribution in [0.25, 0.3) is 0 Å². The molecular formula is C16H18O4. The molecule has 0 unspecified atom stereocenters. The Hall–Kier alpha value is -2.62. The maximum Gasteiger partial charge on any atom is 0.331 e. The van der Waals surface area contributed by atoms with Crippen LogP contribution in [0.5, 0.6) is 0 Å². The Morgan fingerprint density at radius 2 is 0.900 bits per heavy atom. The van der Waals surface area contributed by atoms with Crippen LogP contribution >= 0.6 is 0 Å². The second-order valence-corrected chi connectivity index (χ2v) is 3.65. The van der Waals surface area contributed by atoms with Crippen molar-refractivity contribution in [3.63, 3.8) is 0 Å². The van der Waals surface area contributed by atoms with Crippen molar-refractivity contribution in [3.05, 3.63) is 75.9 Å². The lowest BCUT2D eigenvalue weighted by Crippen LogP contribution is -2.54. The van der Waals surface area contributed by atoms with Gasteiger partial charge in [-0.05, 0) is 24.3 Å². The summed E-state index contributed by atoms with van der Waals surface area (Å²) in [4.78, 5) is 23.0. The van der Waals surface area contributed by atoms with Gasteiger partial charge in [0.2, 0.25) is 0 Å². The Morgan fingerprint density at radius 3 is 1.05 bits per heavy atom. The minimum absolute atomic E-state index is 0.743. The van der Waals surface area contributed by atoms with Crippen LogP contribution in [0.1, 0.15) is 0 Å². The molecule has 0 aliphatic rings. The smallest absolute Gasteiger partial charge is 0.331 e. The maximum absolute atomic E-state index is 11.5. The monoisotopic (exact) mass is 274 g/mol. The van der Waals surface area contributed by atoms with E-state index in [2.05, 4.69) is 39.5 Å². The highest BCUT2D eigenvalue weighted by Gasteiger charge is 2.50. The molecule has 4 heteroatoms. The highest BCUT2D eigenvalue weighted by molar-refractivity contribution is 5.83. The van der Waals surface area contributed by atoms with Gasteiger partial charge in [0.25, 0.3) is 0 Å². The van der Waals surface area contributed by atoms with Crippen molar-refractivity contribution in [2.45, 2.75) is 11.2 Å². The molecule has 0 aromatic carbocycles. The summed E-state index contributed by atoms with van der Waals surface area (Å²) >= 11 is 0. The number of ether oxygens (including phenoxy) is 2. The van der Waals surface area contributed by atoms with Gasteiger partial charge in [-0.2, -0.15) is 0 Å². The Labute approximate surface area is 119 Å². The quantitative estimate of drug-likeness (QED) is 0.368. The molecule has 0 radical (unpaired) electrons. The second kappa shape index (κ2) is 7.09. The van der Waals surface area contributed by atoms with Crippen molar-refractivity contribution >= 4 is 11.9 Å². The molecule has 0 rings (SSSR count). The Morgan fingerprint density at radius 1 is 0.650 bits per heavy atom. The van der Waals surface area contributed by atoms with Crippen LogP contribution in [-0.2, 0) is 19.1 Å². The second-order valence-electron chi connectivity index (χ2n) is 3.65. The molecule has 0 bridgehead atoms. The Balaban J connectivity index is 6.00. The van der Waals surface area contributed by atoms with Gasteiger partial charge in [-0.25, -0.2) is 9.59 Å². The summed E-state index contributed by atoms with van der Waals surface area (Å²) in [6.07, 6.45) is 6.99. The van der Waals surface area contributed by atoms with Gasteiger partial charge in [-0.1, -0.05) is 39.5 Å². The van der Waals surface area contributed by atoms with Gasteiger partial charge in [-0.15, -0.1) is 0 Å². The normalized spacial score (nSPS) is 10.6. The van der Waals surface area contributed by atoms with Crippen LogP contribution in [-0.4, -0.2) is 23.1 Å². The molecule has 0 aromatic heterocycles. The van der Waals surface area contributed by atoms with Crippen LogP contribution in [0.4, 0.5) is 0 Å². The molecule has 0 heterocycles. The first-order chi connectivity index (χ1) is 9.40. The standard InChI is InChI=1S/C16H18O4/c1-7-13(17)19-15(9-3,10-4)16(11-5,12-6)20-14(18)8-2/h7-12H,1-6H2. The number of carbonyl (C=O) groups is 2. The summed E-state index contributed by atoms with van der Waals surface area (Å²) in [6, 6.07) is 0. The molecule has 4 nitrogen and oxygen atoms in total. The molecule has 0 aliphatic carbocycles. The molecule has 106 valence electrons. The van der Waals surface area contributed by atoms with Gasteiger partial charge in [0.05, 0.1) is 0 Å². The Bertz CT molecular complexity index is 411. The van der Waals surface area contributed by atoms with Crippen molar-refractivity contribution in [1.29, 1.82) is 0 Å². The van der Waals surface area contributed by atoms with Crippen LogP contribution in [0.15, 0.2) is 75.9 Å². The fraction of sp³-hybridized carbons (Fsp3) is 0.125. The minimum atomic E-state index is -1.57. The summed E-state index contributed by atoms with van der Waals surface area (Å²) in [5.41, 5.74) is -3.14. The zero-order chi connectivity index (χ0) is 15.8. The summed E-state index contributed by atoms with van der Waals surface area (Å²) in [6.45, 7) is 21.0. The molecule has 0 spiro atoms. The average molecular weight is 274 g/mol. The number of esters is 2. The fourth-order valence-corrected chi connectivity index (χ4v) is 1.55. The highest BCUT2D eigenvalue weighted by atomic mass is 16.6. The largest absolute Gasteiger partial charge is 0.442 e. The van der Waals surface area contributed by atoms with Crippen LogP contribution in [0.3, 0.4) is 0 Å². The van der Waals surface area contributed by atoms with Crippen molar-refractivity contribution in [2.75, 3.05) is 0 Å². The molecule has 0 aromatic rings. The zero-order valence-corrected chi connectivity index (χ0v) is 11.3. The lowest BCUT2D eigenvalue weighted by atomic mass is 9.82. The summed E-state index contributed by atoms with van der Waals surface area (Å²) < 4.78 is 10.5. The van der Waals surface area contributed by atoms with Gasteiger partial charge in [-0.3, -0.25) is 0 Å². The number of hydrogen-bond acceptors (Lipinski definition) is 4. The van der Waals surface area contributed by atoms with E-state index in [0.29, 0.717) is 0 Å². The van der Waals surface area contributed by atoms with Gasteiger partial charge >= 0.3 is 11.9 Å². The van der Waals surface area contributed by atoms with Gasteiger partial charge in [0.1, 0.15) is 0 Å². The van der Waals surface area contributed by atoms with E-state index in [1.165, 1.54) is 24.3 Å². The van der Waals surface area contributed by atoms with Crippen molar-refractivity contribution < 1.29 is 19.1 Å². The predicted octanol–water partition coefficient (Wildman–Crippen LogP) is 2.67. The number of carbonyl (C=O) groups excluding carboxylic acids is 2. The molecule has 0 saturated heterocycles. The summed E-state index contributed by atoms with van der Waals surface area (Å²) in [5, 5.41) is 0. The molecule has 20 heavy (non-hydrogen) atoms. The van der Waals surface area contributed by atoms with E-state index < -0.39 is 23.1 Å². The van der Waals surface area contributed by atoms with Crippen LogP contribution < -0.4 is 0 Å². The van der Waals surface area contributed by atoms with E-state index in [0.717, 1.165) is 12.2 Å². The first kappa shape index (κ1) is 17.4. The van der Waals surface area contributed by atoms with Crippen molar-refractivity contribution in [3.8, 4) is 0 Å². The SMILES string of the molecule is C=CC(=O)OC(C=C)(C=C)C(C=C)(C=C)OC(=O)C=C. The highest BCUT2D eigenvalue weighted by Crippen LogP contribution is 2.35. The molecule has 0 aliphatic heterocycles. The van der Waals surface area contributed by atoms with Crippen molar-refractivity contribution in [1.82, 2.24) is 0 Å². The third-order valence-electron chi connectivity index (χ3n) is 2.70. The molecule has 0 fully saturated rings. The van der Waals surface area contributed by atoms with Crippen LogP contribution in [0.2, 0.25) is 0 Å². The molecule has 0 atom stereocenters. The zero-order valence-electron chi connectivity index (χ0n) is 11.3. The van der Waals surface area contributed by atoms with Crippen LogP contribution in [0, 0.1) is 0 Å². The minimum Gasteiger partial charge on any atom is -0.442 e. The lowest BCUT2D eigenvalue weighted by Gasteiger charge is -2.41. The summed E-state index contributed by atoms with van der Waals surface area (Å²) in [5.74, 6) is -1.49. The molecular weight excluding hydrogens is 256 g/mol. The average Bonchev–Trinajstić information content (AvgIpc) is 2.49. The Kier molecular flexibility index (Phi) is 6.16. The van der Waals surface area contributed by atoms with E-state index in [4.69, 9.17) is 9.47 Å². The lowest BCUT2D eigenvalue weighted by molar-refractivity contribution is -0.171. The maximum atomic E-state index is 11.5. The van der Waals surface area contributed by atoms with E-state index >= 15 is 0 Å². The number of rotatable bonds is 9. The van der Waals surface area contributed by atoms with Gasteiger partial charge < -0.3 is 9.47 Å². The van der Waals surface area contributed by atoms with E-state index in [1.54, 1.807) is 0 Å². The molecule has 0 saturated carbocycles. The van der Waals surface area contributed by atoms with E-state index in [9.17, 15) is 9.59 Å². The van der Waals surface area contributed by atoms with Gasteiger partial charge in [0.15, 0.2) is 11.2 Å². The van der Waals surface area contributed by atoms with E-state index in [-0.39, 0.29) is 0 Å². The van der Waals surface area contributed by atoms with Crippen molar-refractivity contribution in [2.24, 2.45) is 0 Å². The summed E-state index contributed by atoms with van der Waals surface area (Å²) in [7, 11) is 0. The third kappa shape index (κ3) is 3.03. The number of hydrogen-bond donors (Lipinski definition) is 0. The fourth-order valence-electron chi connectivity index (χ4n) is 1.55.